The minimum Gasteiger partial charge on any atom is -0.493 e. The molecule has 0 aliphatic carbocycles. The highest BCUT2D eigenvalue weighted by molar-refractivity contribution is 6.06. The van der Waals surface area contributed by atoms with Crippen LogP contribution in [0.2, 0.25) is 0 Å². The molecule has 0 bridgehead atoms. The molecule has 9 nitrogen and oxygen atoms in total. The molecule has 1 amide bonds. The van der Waals surface area contributed by atoms with Gasteiger partial charge in [0.1, 0.15) is 0 Å². The van der Waals surface area contributed by atoms with Crippen molar-refractivity contribution in [3.8, 4) is 17.2 Å². The zero-order valence-corrected chi connectivity index (χ0v) is 15.4. The fourth-order valence-corrected chi connectivity index (χ4v) is 2.09. The van der Waals surface area contributed by atoms with E-state index in [1.54, 1.807) is 13.8 Å². The van der Waals surface area contributed by atoms with Gasteiger partial charge in [-0.3, -0.25) is 4.79 Å². The fraction of sp³-hybridized carbons (Fsp3) is 0.471. The highest BCUT2D eigenvalue weighted by Gasteiger charge is 2.32. The van der Waals surface area contributed by atoms with Crippen LogP contribution >= 0.6 is 0 Å². The smallest absolute Gasteiger partial charge is 0.340 e. The fourth-order valence-electron chi connectivity index (χ4n) is 2.09. The Morgan fingerprint density at radius 2 is 1.35 bits per heavy atom. The second-order valence-electron chi connectivity index (χ2n) is 4.82. The molecule has 9 heteroatoms. The first-order chi connectivity index (χ1) is 12.4. The Morgan fingerprint density at radius 3 is 1.69 bits per heavy atom. The lowest BCUT2D eigenvalue weighted by Crippen LogP contribution is -2.48. The van der Waals surface area contributed by atoms with Crippen LogP contribution in [0, 0.1) is 0 Å². The minimum absolute atomic E-state index is 0.0504. The molecule has 0 aliphatic heterocycles. The molecular weight excluding hydrogens is 346 g/mol. The van der Waals surface area contributed by atoms with Gasteiger partial charge >= 0.3 is 11.9 Å². The lowest BCUT2D eigenvalue weighted by molar-refractivity contribution is -0.157. The number of carbonyl (C=O) groups is 3. The van der Waals surface area contributed by atoms with Crippen LogP contribution in [-0.4, -0.2) is 58.4 Å². The number of nitrogens with one attached hydrogen (secondary N) is 1. The predicted molar refractivity (Wildman–Crippen MR) is 90.6 cm³/mol. The molecule has 144 valence electrons. The molecule has 0 saturated heterocycles. The molecule has 1 aromatic rings. The summed E-state index contributed by atoms with van der Waals surface area (Å²) in [6.07, 6.45) is 0. The maximum atomic E-state index is 12.5. The second kappa shape index (κ2) is 10.1. The van der Waals surface area contributed by atoms with Crippen molar-refractivity contribution in [1.82, 2.24) is 5.32 Å². The summed E-state index contributed by atoms with van der Waals surface area (Å²) in [6, 6.07) is 1.20. The van der Waals surface area contributed by atoms with Crippen LogP contribution in [0.1, 0.15) is 24.2 Å². The van der Waals surface area contributed by atoms with Gasteiger partial charge in [-0.2, -0.15) is 0 Å². The summed E-state index contributed by atoms with van der Waals surface area (Å²) in [5.74, 6) is -1.73. The zero-order chi connectivity index (χ0) is 19.7. The Kier molecular flexibility index (Phi) is 8.20. The molecule has 0 atom stereocenters. The number of methoxy groups -OCH3 is 3. The van der Waals surface area contributed by atoms with Crippen molar-refractivity contribution in [3.63, 3.8) is 0 Å². The highest BCUT2D eigenvalue weighted by Crippen LogP contribution is 2.38. The SMILES string of the molecule is CCOC(=O)C(NC(=O)c1cc(OC)c(OC)c(OC)c1)C(=O)OCC. The van der Waals surface area contributed by atoms with Gasteiger partial charge in [-0.25, -0.2) is 9.59 Å². The van der Waals surface area contributed by atoms with Gasteiger partial charge in [0.05, 0.1) is 34.5 Å². The Morgan fingerprint density at radius 1 is 0.885 bits per heavy atom. The molecule has 0 saturated carbocycles. The van der Waals surface area contributed by atoms with Gasteiger partial charge in [-0.05, 0) is 26.0 Å². The maximum absolute atomic E-state index is 12.5. The van der Waals surface area contributed by atoms with E-state index in [0.29, 0.717) is 5.75 Å². The molecule has 1 rings (SSSR count). The van der Waals surface area contributed by atoms with Gasteiger partial charge in [0.15, 0.2) is 11.5 Å². The van der Waals surface area contributed by atoms with Crippen LogP contribution in [0.5, 0.6) is 17.2 Å². The summed E-state index contributed by atoms with van der Waals surface area (Å²) in [5.41, 5.74) is 0.0955. The van der Waals surface area contributed by atoms with E-state index in [2.05, 4.69) is 5.32 Å². The monoisotopic (exact) mass is 369 g/mol. The van der Waals surface area contributed by atoms with Crippen molar-refractivity contribution in [2.45, 2.75) is 19.9 Å². The molecular formula is C17H23NO8. The highest BCUT2D eigenvalue weighted by atomic mass is 16.6. The van der Waals surface area contributed by atoms with Gasteiger partial charge in [-0.15, -0.1) is 0 Å². The molecule has 1 N–H and O–H groups in total. The third kappa shape index (κ3) is 5.01. The third-order valence-corrected chi connectivity index (χ3v) is 3.25. The summed E-state index contributed by atoms with van der Waals surface area (Å²) in [5, 5.41) is 2.30. The van der Waals surface area contributed by atoms with E-state index >= 15 is 0 Å². The van der Waals surface area contributed by atoms with E-state index in [1.807, 2.05) is 0 Å². The van der Waals surface area contributed by atoms with Crippen molar-refractivity contribution in [2.75, 3.05) is 34.5 Å². The second-order valence-corrected chi connectivity index (χ2v) is 4.82. The van der Waals surface area contributed by atoms with Crippen LogP contribution < -0.4 is 19.5 Å². The summed E-state index contributed by atoms with van der Waals surface area (Å²) < 4.78 is 25.2. The molecule has 1 aromatic carbocycles. The molecule has 0 radical (unpaired) electrons. The normalized spacial score (nSPS) is 10.1. The van der Waals surface area contributed by atoms with Crippen LogP contribution in [-0.2, 0) is 19.1 Å². The van der Waals surface area contributed by atoms with E-state index in [9.17, 15) is 14.4 Å². The molecule has 0 unspecified atom stereocenters. The van der Waals surface area contributed by atoms with Crippen molar-refractivity contribution < 1.29 is 38.1 Å². The lowest BCUT2D eigenvalue weighted by Gasteiger charge is -2.17. The van der Waals surface area contributed by atoms with E-state index < -0.39 is 23.9 Å². The molecule has 0 fully saturated rings. The van der Waals surface area contributed by atoms with Crippen LogP contribution in [0.25, 0.3) is 0 Å². The van der Waals surface area contributed by atoms with E-state index in [1.165, 1.54) is 33.5 Å². The van der Waals surface area contributed by atoms with Crippen molar-refractivity contribution in [2.24, 2.45) is 0 Å². The Bertz CT molecular complexity index is 615. The van der Waals surface area contributed by atoms with Gasteiger partial charge in [-0.1, -0.05) is 0 Å². The van der Waals surface area contributed by atoms with Crippen LogP contribution in [0.4, 0.5) is 0 Å². The first-order valence-corrected chi connectivity index (χ1v) is 7.87. The van der Waals surface area contributed by atoms with Gasteiger partial charge in [0.25, 0.3) is 5.91 Å². The number of rotatable bonds is 9. The number of hydrogen-bond acceptors (Lipinski definition) is 8. The summed E-state index contributed by atoms with van der Waals surface area (Å²) in [7, 11) is 4.23. The molecule has 0 heterocycles. The summed E-state index contributed by atoms with van der Waals surface area (Å²) in [6.45, 7) is 3.27. The first kappa shape index (κ1) is 21.1. The van der Waals surface area contributed by atoms with Gasteiger partial charge in [0.2, 0.25) is 11.8 Å². The van der Waals surface area contributed by atoms with Gasteiger partial charge < -0.3 is 29.0 Å². The van der Waals surface area contributed by atoms with Crippen molar-refractivity contribution in [1.29, 1.82) is 0 Å². The predicted octanol–water partition coefficient (Wildman–Crippen LogP) is 0.937. The summed E-state index contributed by atoms with van der Waals surface area (Å²) >= 11 is 0. The lowest BCUT2D eigenvalue weighted by atomic mass is 10.1. The third-order valence-electron chi connectivity index (χ3n) is 3.25. The maximum Gasteiger partial charge on any atom is 0.340 e. The number of carbonyl (C=O) groups excluding carboxylic acids is 3. The average molecular weight is 369 g/mol. The minimum atomic E-state index is -1.58. The van der Waals surface area contributed by atoms with Crippen LogP contribution in [0.15, 0.2) is 12.1 Å². The standard InChI is InChI=1S/C17H23NO8/c1-6-25-16(20)13(17(21)26-7-2)18-15(19)10-8-11(22-3)14(24-5)12(9-10)23-4/h8-9,13H,6-7H2,1-5H3,(H,18,19). The number of ether oxygens (including phenoxy) is 5. The van der Waals surface area contributed by atoms with Gasteiger partial charge in [0, 0.05) is 5.56 Å². The Labute approximate surface area is 151 Å². The topological polar surface area (TPSA) is 109 Å². The van der Waals surface area contributed by atoms with E-state index in [4.69, 9.17) is 23.7 Å². The van der Waals surface area contributed by atoms with E-state index in [0.717, 1.165) is 0 Å². The van der Waals surface area contributed by atoms with Crippen LogP contribution in [0.3, 0.4) is 0 Å². The average Bonchev–Trinajstić information content (AvgIpc) is 2.64. The summed E-state index contributed by atoms with van der Waals surface area (Å²) in [4.78, 5) is 36.5. The number of benzene rings is 1. The molecule has 0 aliphatic rings. The quantitative estimate of drug-likeness (QED) is 0.506. The zero-order valence-electron chi connectivity index (χ0n) is 15.4. The van der Waals surface area contributed by atoms with E-state index in [-0.39, 0.29) is 30.3 Å². The molecule has 26 heavy (non-hydrogen) atoms. The first-order valence-electron chi connectivity index (χ1n) is 7.87. The van der Waals surface area contributed by atoms with Crippen molar-refractivity contribution >= 4 is 17.8 Å². The number of amides is 1. The molecule has 0 spiro atoms. The number of hydrogen-bond donors (Lipinski definition) is 1. The number of esters is 2. The van der Waals surface area contributed by atoms with Crippen molar-refractivity contribution in [3.05, 3.63) is 17.7 Å². The molecule has 0 aromatic heterocycles. The Hall–Kier alpha value is -2.97. The Balaban J connectivity index is 3.16. The largest absolute Gasteiger partial charge is 0.493 e.